The highest BCUT2D eigenvalue weighted by atomic mass is 15.1. The standard InChI is InChI=1S/C10H23N3/c1-13-8-4-5-10(9-13)12-7-3-2-6-11/h10,12H,2-9,11H2,1H3. The minimum absolute atomic E-state index is 0.719. The zero-order chi connectivity index (χ0) is 9.52. The molecule has 1 unspecified atom stereocenters. The fraction of sp³-hybridized carbons (Fsp3) is 1.00. The fourth-order valence-electron chi connectivity index (χ4n) is 1.91. The molecule has 0 amide bonds. The van der Waals surface area contributed by atoms with Gasteiger partial charge in [0.2, 0.25) is 0 Å². The Balaban J connectivity index is 2.00. The van der Waals surface area contributed by atoms with Crippen LogP contribution in [0.25, 0.3) is 0 Å². The number of unbranched alkanes of at least 4 members (excludes halogenated alkanes) is 1. The first-order valence-corrected chi connectivity index (χ1v) is 5.45. The number of hydrogen-bond acceptors (Lipinski definition) is 3. The van der Waals surface area contributed by atoms with Gasteiger partial charge in [-0.15, -0.1) is 0 Å². The summed E-state index contributed by atoms with van der Waals surface area (Å²) in [7, 11) is 2.20. The molecule has 1 rings (SSSR count). The number of rotatable bonds is 5. The average molecular weight is 185 g/mol. The Kier molecular flexibility index (Phi) is 5.35. The second-order valence-corrected chi connectivity index (χ2v) is 4.05. The van der Waals surface area contributed by atoms with Crippen LogP contribution in [0.1, 0.15) is 25.7 Å². The van der Waals surface area contributed by atoms with Crippen LogP contribution in [0.15, 0.2) is 0 Å². The summed E-state index contributed by atoms with van der Waals surface area (Å²) < 4.78 is 0. The highest BCUT2D eigenvalue weighted by Gasteiger charge is 2.15. The van der Waals surface area contributed by atoms with E-state index in [1.54, 1.807) is 0 Å². The number of nitrogens with one attached hydrogen (secondary N) is 1. The number of nitrogens with two attached hydrogens (primary N) is 1. The van der Waals surface area contributed by atoms with Crippen molar-refractivity contribution >= 4 is 0 Å². The van der Waals surface area contributed by atoms with Gasteiger partial charge in [-0.3, -0.25) is 0 Å². The third-order valence-electron chi connectivity index (χ3n) is 2.69. The maximum Gasteiger partial charge on any atom is 0.0195 e. The lowest BCUT2D eigenvalue weighted by atomic mass is 10.1. The van der Waals surface area contributed by atoms with E-state index in [-0.39, 0.29) is 0 Å². The van der Waals surface area contributed by atoms with Crippen molar-refractivity contribution in [3.63, 3.8) is 0 Å². The molecule has 1 atom stereocenters. The van der Waals surface area contributed by atoms with E-state index >= 15 is 0 Å². The van der Waals surface area contributed by atoms with Crippen molar-refractivity contribution in [2.24, 2.45) is 5.73 Å². The Morgan fingerprint density at radius 2 is 2.31 bits per heavy atom. The zero-order valence-electron chi connectivity index (χ0n) is 8.76. The summed E-state index contributed by atoms with van der Waals surface area (Å²) in [6.45, 7) is 4.44. The van der Waals surface area contributed by atoms with Crippen LogP contribution in [0, 0.1) is 0 Å². The van der Waals surface area contributed by atoms with Gasteiger partial charge < -0.3 is 16.0 Å². The van der Waals surface area contributed by atoms with Gasteiger partial charge in [0.05, 0.1) is 0 Å². The van der Waals surface area contributed by atoms with Crippen LogP contribution in [0.5, 0.6) is 0 Å². The third-order valence-corrected chi connectivity index (χ3v) is 2.69. The van der Waals surface area contributed by atoms with Gasteiger partial charge in [-0.1, -0.05) is 0 Å². The number of piperidine rings is 1. The van der Waals surface area contributed by atoms with Crippen LogP contribution in [0.4, 0.5) is 0 Å². The van der Waals surface area contributed by atoms with Crippen molar-refractivity contribution in [1.29, 1.82) is 0 Å². The topological polar surface area (TPSA) is 41.3 Å². The normalized spacial score (nSPS) is 24.9. The van der Waals surface area contributed by atoms with Gasteiger partial charge in [-0.05, 0) is 52.4 Å². The second kappa shape index (κ2) is 6.35. The molecule has 78 valence electrons. The van der Waals surface area contributed by atoms with Gasteiger partial charge in [-0.25, -0.2) is 0 Å². The number of likely N-dealkylation sites (N-methyl/N-ethyl adjacent to an activating group) is 1. The molecule has 13 heavy (non-hydrogen) atoms. The molecule has 0 aromatic carbocycles. The minimum atomic E-state index is 0.719. The predicted octanol–water partition coefficient (Wildman–Crippen LogP) is 0.409. The zero-order valence-corrected chi connectivity index (χ0v) is 8.76. The molecule has 0 radical (unpaired) electrons. The van der Waals surface area contributed by atoms with E-state index in [0.717, 1.165) is 25.6 Å². The number of nitrogens with zero attached hydrogens (tertiary/aromatic N) is 1. The highest BCUT2D eigenvalue weighted by molar-refractivity contribution is 4.75. The largest absolute Gasteiger partial charge is 0.330 e. The van der Waals surface area contributed by atoms with E-state index < -0.39 is 0 Å². The SMILES string of the molecule is CN1CCCC(NCCCCN)C1. The molecule has 0 spiro atoms. The van der Waals surface area contributed by atoms with Gasteiger partial charge in [0, 0.05) is 12.6 Å². The second-order valence-electron chi connectivity index (χ2n) is 4.05. The highest BCUT2D eigenvalue weighted by Crippen LogP contribution is 2.07. The lowest BCUT2D eigenvalue weighted by molar-refractivity contribution is 0.227. The molecule has 0 saturated carbocycles. The summed E-state index contributed by atoms with van der Waals surface area (Å²) in [6.07, 6.45) is 5.05. The molecule has 0 bridgehead atoms. The van der Waals surface area contributed by atoms with E-state index in [1.807, 2.05) is 0 Å². The summed E-state index contributed by atoms with van der Waals surface area (Å²) in [4.78, 5) is 2.41. The van der Waals surface area contributed by atoms with Gasteiger partial charge in [0.25, 0.3) is 0 Å². The molecule has 1 saturated heterocycles. The van der Waals surface area contributed by atoms with Crippen LogP contribution in [0.2, 0.25) is 0 Å². The third kappa shape index (κ3) is 4.60. The number of likely N-dealkylation sites (tertiary alicyclic amines) is 1. The summed E-state index contributed by atoms with van der Waals surface area (Å²) >= 11 is 0. The first-order chi connectivity index (χ1) is 6.33. The summed E-state index contributed by atoms with van der Waals surface area (Å²) in [5, 5.41) is 3.59. The molecule has 1 aliphatic heterocycles. The molecule has 3 heteroatoms. The summed E-state index contributed by atoms with van der Waals surface area (Å²) in [5.41, 5.74) is 5.43. The molecule has 0 aromatic rings. The van der Waals surface area contributed by atoms with Crippen molar-refractivity contribution in [2.45, 2.75) is 31.7 Å². The molecular weight excluding hydrogens is 162 g/mol. The Hall–Kier alpha value is -0.120. The maximum atomic E-state index is 5.43. The van der Waals surface area contributed by atoms with Gasteiger partial charge in [-0.2, -0.15) is 0 Å². The van der Waals surface area contributed by atoms with Crippen LogP contribution < -0.4 is 11.1 Å². The van der Waals surface area contributed by atoms with Gasteiger partial charge in [0.15, 0.2) is 0 Å². The Morgan fingerprint density at radius 3 is 3.00 bits per heavy atom. The van der Waals surface area contributed by atoms with Crippen LogP contribution >= 0.6 is 0 Å². The van der Waals surface area contributed by atoms with Crippen molar-refractivity contribution in [3.8, 4) is 0 Å². The van der Waals surface area contributed by atoms with E-state index in [2.05, 4.69) is 17.3 Å². The average Bonchev–Trinajstić information content (AvgIpc) is 2.13. The number of hydrogen-bond donors (Lipinski definition) is 2. The quantitative estimate of drug-likeness (QED) is 0.610. The molecule has 1 aliphatic rings. The van der Waals surface area contributed by atoms with Crippen molar-refractivity contribution < 1.29 is 0 Å². The van der Waals surface area contributed by atoms with E-state index in [9.17, 15) is 0 Å². The first-order valence-electron chi connectivity index (χ1n) is 5.45. The molecule has 3 N–H and O–H groups in total. The van der Waals surface area contributed by atoms with E-state index in [4.69, 9.17) is 5.73 Å². The summed E-state index contributed by atoms with van der Waals surface area (Å²) in [6, 6.07) is 0.719. The van der Waals surface area contributed by atoms with Crippen LogP contribution in [0.3, 0.4) is 0 Å². The van der Waals surface area contributed by atoms with Crippen molar-refractivity contribution in [3.05, 3.63) is 0 Å². The monoisotopic (exact) mass is 185 g/mol. The fourth-order valence-corrected chi connectivity index (χ4v) is 1.91. The van der Waals surface area contributed by atoms with Gasteiger partial charge >= 0.3 is 0 Å². The minimum Gasteiger partial charge on any atom is -0.330 e. The first kappa shape index (κ1) is 11.0. The molecular formula is C10H23N3. The molecule has 0 aliphatic carbocycles. The molecule has 1 heterocycles. The summed E-state index contributed by atoms with van der Waals surface area (Å²) in [5.74, 6) is 0. The smallest absolute Gasteiger partial charge is 0.0195 e. The van der Waals surface area contributed by atoms with E-state index in [1.165, 1.54) is 32.4 Å². The molecule has 0 aromatic heterocycles. The predicted molar refractivity (Wildman–Crippen MR) is 56.8 cm³/mol. The Bertz CT molecular complexity index is 127. The lowest BCUT2D eigenvalue weighted by Gasteiger charge is -2.30. The van der Waals surface area contributed by atoms with Crippen molar-refractivity contribution in [1.82, 2.24) is 10.2 Å². The van der Waals surface area contributed by atoms with Crippen molar-refractivity contribution in [2.75, 3.05) is 33.2 Å². The Morgan fingerprint density at radius 1 is 1.46 bits per heavy atom. The maximum absolute atomic E-state index is 5.43. The van der Waals surface area contributed by atoms with E-state index in [0.29, 0.717) is 0 Å². The van der Waals surface area contributed by atoms with Gasteiger partial charge in [0.1, 0.15) is 0 Å². The van der Waals surface area contributed by atoms with Crippen LogP contribution in [-0.2, 0) is 0 Å². The lowest BCUT2D eigenvalue weighted by Crippen LogP contribution is -2.44. The molecule has 1 fully saturated rings. The molecule has 3 nitrogen and oxygen atoms in total. The Labute approximate surface area is 81.7 Å². The van der Waals surface area contributed by atoms with Crippen LogP contribution in [-0.4, -0.2) is 44.2 Å².